The second-order valence-corrected chi connectivity index (χ2v) is 4.03. The molecule has 1 rings (SSSR count). The summed E-state index contributed by atoms with van der Waals surface area (Å²) in [5.74, 6) is 0.348. The van der Waals surface area contributed by atoms with Crippen molar-refractivity contribution in [2.45, 2.75) is 6.42 Å². The van der Waals surface area contributed by atoms with E-state index in [4.69, 9.17) is 4.89 Å². The van der Waals surface area contributed by atoms with Crippen LogP contribution in [0, 0.1) is 0 Å². The summed E-state index contributed by atoms with van der Waals surface area (Å²) in [4.78, 5) is 8.80. The quantitative estimate of drug-likeness (QED) is 0.618. The number of dihydropyridines is 1. The van der Waals surface area contributed by atoms with Crippen LogP contribution in [0.5, 0.6) is 0 Å². The van der Waals surface area contributed by atoms with Gasteiger partial charge >= 0.3 is 7.60 Å². The molecule has 1 aliphatic rings. The lowest BCUT2D eigenvalue weighted by Gasteiger charge is -2.13. The molecule has 0 aromatic carbocycles. The topological polar surface area (TPSA) is 58.6 Å². The van der Waals surface area contributed by atoms with E-state index in [1.54, 1.807) is 12.3 Å². The molecule has 0 aromatic heterocycles. The minimum atomic E-state index is -3.40. The van der Waals surface area contributed by atoms with E-state index in [1.807, 2.05) is 6.08 Å². The highest BCUT2D eigenvalue weighted by Gasteiger charge is 2.13. The third kappa shape index (κ3) is 3.25. The van der Waals surface area contributed by atoms with E-state index in [0.717, 1.165) is 13.1 Å². The van der Waals surface area contributed by atoms with Crippen LogP contribution in [-0.4, -0.2) is 11.6 Å². The first-order valence-corrected chi connectivity index (χ1v) is 5.22. The van der Waals surface area contributed by atoms with Crippen LogP contribution in [0.15, 0.2) is 24.2 Å². The number of hydrogen-bond donors (Lipinski definition) is 2. The lowest BCUT2D eigenvalue weighted by molar-refractivity contribution is 0.315. The summed E-state index contributed by atoms with van der Waals surface area (Å²) in [7, 11) is -3.40. The van der Waals surface area contributed by atoms with Gasteiger partial charge in [0.2, 0.25) is 0 Å². The van der Waals surface area contributed by atoms with Gasteiger partial charge in [0, 0.05) is 12.9 Å². The Labute approximate surface area is 65.1 Å². The number of allylic oxidation sites excluding steroid dienone is 2. The maximum Gasteiger partial charge on any atom is 0.374 e. The van der Waals surface area contributed by atoms with Crippen LogP contribution in [0.1, 0.15) is 6.42 Å². The van der Waals surface area contributed by atoms with Gasteiger partial charge in [0.15, 0.2) is 5.88 Å². The Bertz CT molecular complexity index is 240. The van der Waals surface area contributed by atoms with E-state index >= 15 is 0 Å². The average Bonchev–Trinajstić information content (AvgIpc) is 1.85. The molecule has 0 amide bonds. The molecule has 5 heteroatoms. The van der Waals surface area contributed by atoms with Gasteiger partial charge in [0.25, 0.3) is 0 Å². The molecule has 11 heavy (non-hydrogen) atoms. The van der Waals surface area contributed by atoms with Crippen molar-refractivity contribution in [1.29, 1.82) is 0 Å². The van der Waals surface area contributed by atoms with Crippen LogP contribution in [0.25, 0.3) is 0 Å². The standard InChI is InChI=1S/C6H10NO3P/c1-11(8,9)10-6-4-2-3-5-7-6/h3-5,7H,2H2,1H3,(H,8,9). The van der Waals surface area contributed by atoms with Gasteiger partial charge in [-0.25, -0.2) is 4.57 Å². The molecule has 62 valence electrons. The van der Waals surface area contributed by atoms with E-state index in [0.29, 0.717) is 5.88 Å². The molecule has 1 aliphatic heterocycles. The molecule has 1 heterocycles. The fraction of sp³-hybridized carbons (Fsp3) is 0.333. The molecule has 1 atom stereocenters. The predicted molar refractivity (Wildman–Crippen MR) is 41.8 cm³/mol. The molecule has 4 nitrogen and oxygen atoms in total. The second kappa shape index (κ2) is 3.11. The molecule has 0 bridgehead atoms. The summed E-state index contributed by atoms with van der Waals surface area (Å²) < 4.78 is 15.4. The van der Waals surface area contributed by atoms with Crippen molar-refractivity contribution in [3.8, 4) is 0 Å². The Balaban J connectivity index is 2.50. The Morgan fingerprint density at radius 1 is 1.82 bits per heavy atom. The lowest BCUT2D eigenvalue weighted by atomic mass is 10.3. The summed E-state index contributed by atoms with van der Waals surface area (Å²) >= 11 is 0. The molecule has 0 radical (unpaired) electrons. The van der Waals surface area contributed by atoms with Crippen LogP contribution in [0.2, 0.25) is 0 Å². The number of nitrogens with one attached hydrogen (secondary N) is 1. The van der Waals surface area contributed by atoms with Gasteiger partial charge in [-0.15, -0.1) is 0 Å². The van der Waals surface area contributed by atoms with Crippen molar-refractivity contribution in [2.75, 3.05) is 6.66 Å². The lowest BCUT2D eigenvalue weighted by Crippen LogP contribution is -2.09. The van der Waals surface area contributed by atoms with Crippen molar-refractivity contribution < 1.29 is 14.0 Å². The zero-order valence-corrected chi connectivity index (χ0v) is 7.04. The van der Waals surface area contributed by atoms with Gasteiger partial charge in [0.1, 0.15) is 0 Å². The maximum absolute atomic E-state index is 10.7. The highest BCUT2D eigenvalue weighted by molar-refractivity contribution is 7.52. The van der Waals surface area contributed by atoms with Crippen LogP contribution in [-0.2, 0) is 9.09 Å². The van der Waals surface area contributed by atoms with E-state index in [1.165, 1.54) is 0 Å². The molecular weight excluding hydrogens is 165 g/mol. The van der Waals surface area contributed by atoms with Crippen molar-refractivity contribution in [3.63, 3.8) is 0 Å². The van der Waals surface area contributed by atoms with Crippen molar-refractivity contribution in [3.05, 3.63) is 24.2 Å². The molecule has 2 N–H and O–H groups in total. The molecule has 0 aromatic rings. The van der Waals surface area contributed by atoms with Crippen molar-refractivity contribution >= 4 is 7.60 Å². The zero-order valence-electron chi connectivity index (χ0n) is 6.15. The van der Waals surface area contributed by atoms with Gasteiger partial charge in [-0.2, -0.15) is 0 Å². The normalized spacial score (nSPS) is 21.5. The van der Waals surface area contributed by atoms with E-state index < -0.39 is 7.60 Å². The summed E-state index contributed by atoms with van der Waals surface area (Å²) in [6, 6.07) is 0. The second-order valence-electron chi connectivity index (χ2n) is 2.25. The smallest absolute Gasteiger partial charge is 0.374 e. The molecule has 0 fully saturated rings. The van der Waals surface area contributed by atoms with Crippen LogP contribution in [0.4, 0.5) is 0 Å². The van der Waals surface area contributed by atoms with E-state index in [-0.39, 0.29) is 0 Å². The summed E-state index contributed by atoms with van der Waals surface area (Å²) in [5.41, 5.74) is 0. The fourth-order valence-electron chi connectivity index (χ4n) is 0.689. The summed E-state index contributed by atoms with van der Waals surface area (Å²) in [6.07, 6.45) is 5.98. The first kappa shape index (κ1) is 8.37. The highest BCUT2D eigenvalue weighted by Crippen LogP contribution is 2.39. The van der Waals surface area contributed by atoms with Gasteiger partial charge in [-0.05, 0) is 12.5 Å². The molecule has 1 unspecified atom stereocenters. The third-order valence-electron chi connectivity index (χ3n) is 1.05. The van der Waals surface area contributed by atoms with Crippen LogP contribution < -0.4 is 5.32 Å². The van der Waals surface area contributed by atoms with E-state index in [9.17, 15) is 4.57 Å². The Kier molecular flexibility index (Phi) is 2.37. The maximum atomic E-state index is 10.7. The first-order chi connectivity index (χ1) is 5.08. The first-order valence-electron chi connectivity index (χ1n) is 3.19. The van der Waals surface area contributed by atoms with Crippen LogP contribution >= 0.6 is 7.60 Å². The molecule has 0 saturated carbocycles. The SMILES string of the molecule is CP(=O)(O)OC1=CCC=CN1. The zero-order chi connectivity index (χ0) is 8.32. The number of rotatable bonds is 2. The van der Waals surface area contributed by atoms with Crippen molar-refractivity contribution in [2.24, 2.45) is 0 Å². The highest BCUT2D eigenvalue weighted by atomic mass is 31.2. The minimum Gasteiger partial charge on any atom is -0.409 e. The minimum absolute atomic E-state index is 0.348. The van der Waals surface area contributed by atoms with Crippen LogP contribution in [0.3, 0.4) is 0 Å². The van der Waals surface area contributed by atoms with E-state index in [2.05, 4.69) is 9.84 Å². The molecule has 0 aliphatic carbocycles. The summed E-state index contributed by atoms with van der Waals surface area (Å²) in [6.45, 7) is 1.15. The molecular formula is C6H10NO3P. The largest absolute Gasteiger partial charge is 0.409 e. The van der Waals surface area contributed by atoms with Gasteiger partial charge in [-0.3, -0.25) is 0 Å². The van der Waals surface area contributed by atoms with Gasteiger partial charge < -0.3 is 14.7 Å². The molecule has 0 saturated heterocycles. The number of hydrogen-bond acceptors (Lipinski definition) is 3. The Morgan fingerprint density at radius 2 is 2.55 bits per heavy atom. The molecule has 0 spiro atoms. The summed E-state index contributed by atoms with van der Waals surface area (Å²) in [5, 5.41) is 2.70. The Hall–Kier alpha value is -0.730. The van der Waals surface area contributed by atoms with Crippen molar-refractivity contribution in [1.82, 2.24) is 5.32 Å². The fourth-order valence-corrected chi connectivity index (χ4v) is 1.18. The third-order valence-corrected chi connectivity index (χ3v) is 1.59. The van der Waals surface area contributed by atoms with Gasteiger partial charge in [0.05, 0.1) is 0 Å². The Morgan fingerprint density at radius 3 is 3.00 bits per heavy atom. The predicted octanol–water partition coefficient (Wildman–Crippen LogP) is 1.17. The average molecular weight is 175 g/mol. The monoisotopic (exact) mass is 175 g/mol. The van der Waals surface area contributed by atoms with Gasteiger partial charge in [-0.1, -0.05) is 6.08 Å².